The van der Waals surface area contributed by atoms with E-state index in [1.165, 1.54) is 244 Å². The zero-order chi connectivity index (χ0) is 52.2. The summed E-state index contributed by atoms with van der Waals surface area (Å²) >= 11 is 0. The van der Waals surface area contributed by atoms with Crippen LogP contribution in [0.2, 0.25) is 0 Å². The Morgan fingerprint density at radius 2 is 0.694 bits per heavy atom. The van der Waals surface area contributed by atoms with E-state index >= 15 is 0 Å². The lowest BCUT2D eigenvalue weighted by atomic mass is 10.0. The van der Waals surface area contributed by atoms with Crippen molar-refractivity contribution in [3.63, 3.8) is 0 Å². The van der Waals surface area contributed by atoms with Gasteiger partial charge in [0, 0.05) is 12.8 Å². The Morgan fingerprint density at radius 1 is 0.389 bits per heavy atom. The van der Waals surface area contributed by atoms with Crippen LogP contribution in [0.3, 0.4) is 0 Å². The number of carbonyl (C=O) groups excluding carboxylic acids is 2. The molecule has 0 bridgehead atoms. The molecule has 0 saturated heterocycles. The molecule has 0 heterocycles. The molecule has 2 unspecified atom stereocenters. The lowest BCUT2D eigenvalue weighted by Crippen LogP contribution is -2.45. The topological polar surface area (TPSA) is 95.9 Å². The molecular formula is C66H125NO5. The molecular weight excluding hydrogens is 887 g/mol. The van der Waals surface area contributed by atoms with Crippen molar-refractivity contribution in [2.24, 2.45) is 0 Å². The summed E-state index contributed by atoms with van der Waals surface area (Å²) in [5, 5.41) is 23.4. The van der Waals surface area contributed by atoms with Crippen LogP contribution < -0.4 is 5.32 Å². The number of esters is 1. The van der Waals surface area contributed by atoms with Gasteiger partial charge in [-0.05, 0) is 83.5 Å². The molecule has 0 aromatic heterocycles. The van der Waals surface area contributed by atoms with E-state index in [-0.39, 0.29) is 18.5 Å². The minimum absolute atomic E-state index is 0.0157. The van der Waals surface area contributed by atoms with Crippen LogP contribution in [-0.2, 0) is 14.3 Å². The van der Waals surface area contributed by atoms with E-state index < -0.39 is 12.1 Å². The second-order valence-electron chi connectivity index (χ2n) is 22.1. The predicted molar refractivity (Wildman–Crippen MR) is 315 cm³/mol. The van der Waals surface area contributed by atoms with Crippen LogP contribution in [0.1, 0.15) is 348 Å². The second kappa shape index (κ2) is 61.6. The predicted octanol–water partition coefficient (Wildman–Crippen LogP) is 20.4. The van der Waals surface area contributed by atoms with Gasteiger partial charge >= 0.3 is 5.97 Å². The molecule has 0 radical (unpaired) electrons. The van der Waals surface area contributed by atoms with Gasteiger partial charge in [-0.15, -0.1) is 0 Å². The molecule has 0 aliphatic rings. The Kier molecular flexibility index (Phi) is 60.0. The van der Waals surface area contributed by atoms with Crippen molar-refractivity contribution in [1.29, 1.82) is 0 Å². The summed E-state index contributed by atoms with van der Waals surface area (Å²) in [5.74, 6) is -0.0651. The van der Waals surface area contributed by atoms with Crippen molar-refractivity contribution in [3.05, 3.63) is 36.5 Å². The fourth-order valence-electron chi connectivity index (χ4n) is 9.96. The maximum absolute atomic E-state index is 12.5. The number of hydrogen-bond acceptors (Lipinski definition) is 5. The molecule has 0 aliphatic carbocycles. The molecule has 6 heteroatoms. The van der Waals surface area contributed by atoms with Crippen molar-refractivity contribution >= 4 is 11.9 Å². The van der Waals surface area contributed by atoms with E-state index in [9.17, 15) is 19.8 Å². The molecule has 72 heavy (non-hydrogen) atoms. The minimum atomic E-state index is -0.677. The van der Waals surface area contributed by atoms with Gasteiger partial charge in [-0.2, -0.15) is 0 Å². The van der Waals surface area contributed by atoms with Crippen molar-refractivity contribution in [3.8, 4) is 0 Å². The molecule has 1 amide bonds. The molecule has 0 saturated carbocycles. The summed E-state index contributed by atoms with van der Waals surface area (Å²) in [6.45, 7) is 4.93. The zero-order valence-electron chi connectivity index (χ0n) is 48.4. The maximum atomic E-state index is 12.5. The summed E-state index contributed by atoms with van der Waals surface area (Å²) in [7, 11) is 0. The number of amides is 1. The summed E-state index contributed by atoms with van der Waals surface area (Å²) in [4.78, 5) is 24.6. The first-order valence-electron chi connectivity index (χ1n) is 32.2. The number of aliphatic hydroxyl groups is 2. The van der Waals surface area contributed by atoms with Gasteiger partial charge in [0.25, 0.3) is 0 Å². The number of rotatable bonds is 60. The largest absolute Gasteiger partial charge is 0.466 e. The van der Waals surface area contributed by atoms with Gasteiger partial charge in [0.15, 0.2) is 0 Å². The normalized spacial score (nSPS) is 12.8. The average Bonchev–Trinajstić information content (AvgIpc) is 3.38. The van der Waals surface area contributed by atoms with Gasteiger partial charge < -0.3 is 20.3 Å². The van der Waals surface area contributed by atoms with E-state index in [1.807, 2.05) is 0 Å². The quantitative estimate of drug-likeness (QED) is 0.0320. The Morgan fingerprint density at radius 3 is 1.08 bits per heavy atom. The first kappa shape index (κ1) is 70.1. The fraction of sp³-hybridized carbons (Fsp3) is 0.879. The van der Waals surface area contributed by atoms with Crippen molar-refractivity contribution < 1.29 is 24.5 Å². The smallest absolute Gasteiger partial charge is 0.305 e. The molecule has 2 atom stereocenters. The van der Waals surface area contributed by atoms with E-state index in [1.54, 1.807) is 0 Å². The summed E-state index contributed by atoms with van der Waals surface area (Å²) in [5.41, 5.74) is 0. The Bertz CT molecular complexity index is 1170. The lowest BCUT2D eigenvalue weighted by Gasteiger charge is -2.22. The van der Waals surface area contributed by atoms with Gasteiger partial charge in [-0.1, -0.05) is 288 Å². The Balaban J connectivity index is 3.47. The van der Waals surface area contributed by atoms with Crippen LogP contribution in [0.25, 0.3) is 0 Å². The van der Waals surface area contributed by atoms with Crippen LogP contribution >= 0.6 is 0 Å². The van der Waals surface area contributed by atoms with E-state index in [2.05, 4.69) is 55.6 Å². The number of carbonyl (C=O) groups is 2. The van der Waals surface area contributed by atoms with Gasteiger partial charge in [0.05, 0.1) is 25.4 Å². The SMILES string of the molecule is CCCCCC/C=C\C/C=C\CCCCCCCC(=O)OCCCCCCCCC/C=C\CCCCCCCC(=O)NC(CO)C(O)CCCCCCCCCCCCCCCCCCCCCCCCC. The number of nitrogens with one attached hydrogen (secondary N) is 1. The fourth-order valence-corrected chi connectivity index (χ4v) is 9.96. The Labute approximate surface area is 449 Å². The summed E-state index contributed by atoms with van der Waals surface area (Å²) < 4.78 is 5.47. The molecule has 424 valence electrons. The second-order valence-corrected chi connectivity index (χ2v) is 22.1. The van der Waals surface area contributed by atoms with Gasteiger partial charge in [-0.3, -0.25) is 9.59 Å². The van der Waals surface area contributed by atoms with Gasteiger partial charge in [0.2, 0.25) is 5.91 Å². The number of ether oxygens (including phenoxy) is 1. The first-order valence-corrected chi connectivity index (χ1v) is 32.2. The number of hydrogen-bond donors (Lipinski definition) is 3. The molecule has 0 rings (SSSR count). The molecule has 6 nitrogen and oxygen atoms in total. The highest BCUT2D eigenvalue weighted by Crippen LogP contribution is 2.18. The van der Waals surface area contributed by atoms with Crippen LogP contribution in [0, 0.1) is 0 Å². The first-order chi connectivity index (χ1) is 35.5. The van der Waals surface area contributed by atoms with E-state index in [4.69, 9.17) is 4.74 Å². The standard InChI is InChI=1S/C66H125NO5/c1-3-5-7-9-11-13-15-17-19-21-22-23-24-25-26-27-30-34-38-42-46-50-54-58-64(69)63(62-68)67-65(70)59-55-51-47-43-39-35-31-28-29-33-37-41-45-49-53-57-61-72-66(71)60-56-52-48-44-40-36-32-20-18-16-14-12-10-8-6-4-2/h14,16,20,28,31-32,63-64,68-69H,3-13,15,17-19,21-27,29-30,33-62H2,1-2H3,(H,67,70)/b16-14-,31-28-,32-20-. The van der Waals surface area contributed by atoms with Crippen LogP contribution in [-0.4, -0.2) is 47.4 Å². The Hall–Kier alpha value is -1.92. The third-order valence-electron chi connectivity index (χ3n) is 14.9. The highest BCUT2D eigenvalue weighted by molar-refractivity contribution is 5.76. The van der Waals surface area contributed by atoms with Gasteiger partial charge in [0.1, 0.15) is 0 Å². The molecule has 3 N–H and O–H groups in total. The third-order valence-corrected chi connectivity index (χ3v) is 14.9. The van der Waals surface area contributed by atoms with Crippen molar-refractivity contribution in [2.75, 3.05) is 13.2 Å². The van der Waals surface area contributed by atoms with Crippen molar-refractivity contribution in [1.82, 2.24) is 5.32 Å². The molecule has 0 spiro atoms. The molecule has 0 aromatic rings. The van der Waals surface area contributed by atoms with Gasteiger partial charge in [-0.25, -0.2) is 0 Å². The van der Waals surface area contributed by atoms with E-state index in [0.29, 0.717) is 25.9 Å². The minimum Gasteiger partial charge on any atom is -0.466 e. The monoisotopic (exact) mass is 1010 g/mol. The molecule has 0 fully saturated rings. The molecule has 0 aromatic carbocycles. The number of allylic oxidation sites excluding steroid dienone is 6. The average molecular weight is 1010 g/mol. The third kappa shape index (κ3) is 57.4. The number of aliphatic hydroxyl groups excluding tert-OH is 2. The van der Waals surface area contributed by atoms with Crippen LogP contribution in [0.15, 0.2) is 36.5 Å². The number of unbranched alkanes of at least 4 members (excludes halogenated alkanes) is 43. The maximum Gasteiger partial charge on any atom is 0.305 e. The highest BCUT2D eigenvalue weighted by atomic mass is 16.5. The highest BCUT2D eigenvalue weighted by Gasteiger charge is 2.20. The lowest BCUT2D eigenvalue weighted by molar-refractivity contribution is -0.143. The summed E-state index contributed by atoms with van der Waals surface area (Å²) in [6, 6.07) is -0.556. The van der Waals surface area contributed by atoms with Crippen LogP contribution in [0.5, 0.6) is 0 Å². The summed E-state index contributed by atoms with van der Waals surface area (Å²) in [6.07, 6.45) is 77.2. The zero-order valence-corrected chi connectivity index (χ0v) is 48.4. The molecule has 0 aliphatic heterocycles. The van der Waals surface area contributed by atoms with E-state index in [0.717, 1.165) is 70.6 Å². The van der Waals surface area contributed by atoms with Crippen molar-refractivity contribution in [2.45, 2.75) is 360 Å². The van der Waals surface area contributed by atoms with Crippen LogP contribution in [0.4, 0.5) is 0 Å².